The second kappa shape index (κ2) is 8.73. The van der Waals surface area contributed by atoms with Crippen LogP contribution in [0.25, 0.3) is 0 Å². The number of hydrogen-bond acceptors (Lipinski definition) is 5. The summed E-state index contributed by atoms with van der Waals surface area (Å²) in [7, 11) is -2.47. The molecule has 27 heavy (non-hydrogen) atoms. The second-order valence-electron chi connectivity index (χ2n) is 5.48. The van der Waals surface area contributed by atoms with Gasteiger partial charge in [-0.1, -0.05) is 27.5 Å². The zero-order valence-electron chi connectivity index (χ0n) is 14.4. The normalized spacial score (nSPS) is 11.0. The average molecular weight is 476 g/mol. The van der Waals surface area contributed by atoms with Gasteiger partial charge in [0, 0.05) is 10.2 Å². The summed E-state index contributed by atoms with van der Waals surface area (Å²) in [6.45, 7) is -0.434. The molecule has 0 radical (unpaired) electrons. The lowest BCUT2D eigenvalue weighted by atomic mass is 10.2. The van der Waals surface area contributed by atoms with Crippen molar-refractivity contribution in [3.63, 3.8) is 0 Å². The molecule has 0 saturated heterocycles. The highest BCUT2D eigenvalue weighted by molar-refractivity contribution is 9.10. The number of carbonyl (C=O) groups is 2. The Morgan fingerprint density at radius 3 is 2.37 bits per heavy atom. The van der Waals surface area contributed by atoms with Gasteiger partial charge in [0.25, 0.3) is 0 Å². The fourth-order valence-corrected chi connectivity index (χ4v) is 3.52. The molecule has 0 spiro atoms. The van der Waals surface area contributed by atoms with E-state index in [0.717, 1.165) is 15.0 Å². The standard InChI is InChI=1S/C17H16BrClN2O5S/c1-26-17(23)14-9-12(5-8-15(14)19)20-16(22)10-21(27(2,24)25)13-6-3-11(18)4-7-13/h3-9H,10H2,1-2H3,(H,20,22). The number of anilines is 2. The smallest absolute Gasteiger partial charge is 0.339 e. The molecule has 2 aromatic carbocycles. The van der Waals surface area contributed by atoms with Crippen LogP contribution in [0, 0.1) is 0 Å². The maximum Gasteiger partial charge on any atom is 0.339 e. The first-order valence-corrected chi connectivity index (χ1v) is 10.5. The number of methoxy groups -OCH3 is 1. The minimum atomic E-state index is -3.69. The van der Waals surface area contributed by atoms with Crippen LogP contribution in [0.1, 0.15) is 10.4 Å². The minimum Gasteiger partial charge on any atom is -0.465 e. The van der Waals surface area contributed by atoms with Crippen LogP contribution in [0.4, 0.5) is 11.4 Å². The summed E-state index contributed by atoms with van der Waals surface area (Å²) in [5, 5.41) is 2.73. The van der Waals surface area contributed by atoms with Crippen molar-refractivity contribution in [1.29, 1.82) is 0 Å². The summed E-state index contributed by atoms with van der Waals surface area (Å²) in [5.74, 6) is -1.23. The summed E-state index contributed by atoms with van der Waals surface area (Å²) < 4.78 is 30.6. The van der Waals surface area contributed by atoms with E-state index in [9.17, 15) is 18.0 Å². The van der Waals surface area contributed by atoms with Gasteiger partial charge in [0.05, 0.1) is 29.6 Å². The number of nitrogens with zero attached hydrogens (tertiary/aromatic N) is 1. The van der Waals surface area contributed by atoms with E-state index in [-0.39, 0.29) is 16.3 Å². The van der Waals surface area contributed by atoms with Gasteiger partial charge < -0.3 is 10.1 Å². The van der Waals surface area contributed by atoms with Gasteiger partial charge in [-0.05, 0) is 42.5 Å². The topological polar surface area (TPSA) is 92.8 Å². The third kappa shape index (κ3) is 5.69. The highest BCUT2D eigenvalue weighted by Crippen LogP contribution is 2.23. The van der Waals surface area contributed by atoms with Crippen molar-refractivity contribution in [1.82, 2.24) is 0 Å². The number of hydrogen-bond donors (Lipinski definition) is 1. The maximum absolute atomic E-state index is 12.4. The molecular formula is C17H16BrClN2O5S. The Morgan fingerprint density at radius 1 is 1.19 bits per heavy atom. The quantitative estimate of drug-likeness (QED) is 0.647. The van der Waals surface area contributed by atoms with Gasteiger partial charge in [0.2, 0.25) is 15.9 Å². The Balaban J connectivity index is 2.22. The van der Waals surface area contributed by atoms with E-state index >= 15 is 0 Å². The molecule has 0 aliphatic carbocycles. The zero-order valence-corrected chi connectivity index (χ0v) is 17.6. The Kier molecular flexibility index (Phi) is 6.85. The molecule has 144 valence electrons. The Bertz CT molecular complexity index is 964. The fourth-order valence-electron chi connectivity index (χ4n) is 2.21. The van der Waals surface area contributed by atoms with Crippen LogP contribution in [-0.4, -0.2) is 40.2 Å². The molecule has 0 fully saturated rings. The largest absolute Gasteiger partial charge is 0.465 e. The number of benzene rings is 2. The van der Waals surface area contributed by atoms with Gasteiger partial charge in [0.1, 0.15) is 6.54 Å². The van der Waals surface area contributed by atoms with Crippen LogP contribution in [0.5, 0.6) is 0 Å². The molecule has 0 unspecified atom stereocenters. The third-order valence-corrected chi connectivity index (χ3v) is 5.46. The molecule has 0 bridgehead atoms. The van der Waals surface area contributed by atoms with Crippen molar-refractivity contribution < 1.29 is 22.7 Å². The van der Waals surface area contributed by atoms with Crippen LogP contribution >= 0.6 is 27.5 Å². The predicted octanol–water partition coefficient (Wildman–Crippen LogP) is 3.29. The summed E-state index contributed by atoms with van der Waals surface area (Å²) in [4.78, 5) is 24.1. The van der Waals surface area contributed by atoms with Crippen LogP contribution in [-0.2, 0) is 19.6 Å². The van der Waals surface area contributed by atoms with E-state index in [4.69, 9.17) is 11.6 Å². The van der Waals surface area contributed by atoms with E-state index in [2.05, 4.69) is 26.0 Å². The van der Waals surface area contributed by atoms with Crippen LogP contribution < -0.4 is 9.62 Å². The van der Waals surface area contributed by atoms with Crippen molar-refractivity contribution >= 4 is 60.8 Å². The summed E-state index contributed by atoms with van der Waals surface area (Å²) in [6, 6.07) is 10.8. The number of ether oxygens (including phenoxy) is 1. The molecule has 1 N–H and O–H groups in total. The van der Waals surface area contributed by atoms with E-state index in [1.807, 2.05) is 0 Å². The van der Waals surface area contributed by atoms with Gasteiger partial charge >= 0.3 is 5.97 Å². The van der Waals surface area contributed by atoms with Crippen LogP contribution in [0.3, 0.4) is 0 Å². The molecule has 0 aromatic heterocycles. The summed E-state index contributed by atoms with van der Waals surface area (Å²) >= 11 is 9.21. The third-order valence-electron chi connectivity index (χ3n) is 3.46. The van der Waals surface area contributed by atoms with Gasteiger partial charge in [-0.3, -0.25) is 9.10 Å². The Morgan fingerprint density at radius 2 is 1.81 bits per heavy atom. The molecule has 0 saturated carbocycles. The van der Waals surface area contributed by atoms with E-state index in [0.29, 0.717) is 5.69 Å². The van der Waals surface area contributed by atoms with Gasteiger partial charge in [-0.15, -0.1) is 0 Å². The summed E-state index contributed by atoms with van der Waals surface area (Å²) in [6.07, 6.45) is 1.01. The Labute approximate surface area is 170 Å². The fraction of sp³-hybridized carbons (Fsp3) is 0.176. The molecule has 1 amide bonds. The van der Waals surface area contributed by atoms with Crippen molar-refractivity contribution in [2.75, 3.05) is 29.5 Å². The van der Waals surface area contributed by atoms with Crippen molar-refractivity contribution in [3.8, 4) is 0 Å². The van der Waals surface area contributed by atoms with E-state index in [1.54, 1.807) is 24.3 Å². The number of carbonyl (C=O) groups excluding carboxylic acids is 2. The van der Waals surface area contributed by atoms with Crippen molar-refractivity contribution in [2.45, 2.75) is 0 Å². The van der Waals surface area contributed by atoms with Gasteiger partial charge in [-0.25, -0.2) is 13.2 Å². The minimum absolute atomic E-state index is 0.0878. The highest BCUT2D eigenvalue weighted by Gasteiger charge is 2.21. The zero-order chi connectivity index (χ0) is 20.2. The molecule has 0 heterocycles. The highest BCUT2D eigenvalue weighted by atomic mass is 79.9. The van der Waals surface area contributed by atoms with E-state index < -0.39 is 28.4 Å². The lowest BCUT2D eigenvalue weighted by molar-refractivity contribution is -0.114. The number of sulfonamides is 1. The van der Waals surface area contributed by atoms with Crippen LogP contribution in [0.15, 0.2) is 46.9 Å². The maximum atomic E-state index is 12.4. The van der Waals surface area contributed by atoms with Gasteiger partial charge in [-0.2, -0.15) is 0 Å². The molecule has 10 heteroatoms. The van der Waals surface area contributed by atoms with Gasteiger partial charge in [0.15, 0.2) is 0 Å². The predicted molar refractivity (Wildman–Crippen MR) is 108 cm³/mol. The first-order valence-electron chi connectivity index (χ1n) is 7.53. The second-order valence-corrected chi connectivity index (χ2v) is 8.71. The van der Waals surface area contributed by atoms with Crippen LogP contribution in [0.2, 0.25) is 5.02 Å². The molecule has 0 aliphatic heterocycles. The Hall–Kier alpha value is -2.10. The lowest BCUT2D eigenvalue weighted by Gasteiger charge is -2.22. The van der Waals surface area contributed by atoms with E-state index in [1.165, 1.54) is 25.3 Å². The van der Waals surface area contributed by atoms with Crippen molar-refractivity contribution in [2.24, 2.45) is 0 Å². The molecule has 2 rings (SSSR count). The monoisotopic (exact) mass is 474 g/mol. The number of esters is 1. The molecule has 2 aromatic rings. The first-order chi connectivity index (χ1) is 12.6. The first kappa shape index (κ1) is 21.2. The summed E-state index contributed by atoms with van der Waals surface area (Å²) in [5.41, 5.74) is 0.723. The lowest BCUT2D eigenvalue weighted by Crippen LogP contribution is -2.37. The number of halogens is 2. The number of rotatable bonds is 6. The SMILES string of the molecule is COC(=O)c1cc(NC(=O)CN(c2ccc(Br)cc2)S(C)(=O)=O)ccc1Cl. The van der Waals surface area contributed by atoms with Crippen molar-refractivity contribution in [3.05, 3.63) is 57.5 Å². The molecule has 0 aliphatic rings. The average Bonchev–Trinajstić information content (AvgIpc) is 2.60. The molecule has 0 atom stereocenters. The number of amides is 1. The molecule has 7 nitrogen and oxygen atoms in total. The number of nitrogens with one attached hydrogen (secondary N) is 1. The molecular weight excluding hydrogens is 460 g/mol.